The minimum Gasteiger partial charge on any atom is -0.308 e. The van der Waals surface area contributed by atoms with Crippen molar-refractivity contribution < 1.29 is 0 Å². The van der Waals surface area contributed by atoms with Gasteiger partial charge in [-0.1, -0.05) is 39.7 Å². The lowest BCUT2D eigenvalue weighted by Crippen LogP contribution is -2.23. The molecule has 0 aliphatic rings. The summed E-state index contributed by atoms with van der Waals surface area (Å²) >= 11 is 9.96. The predicted octanol–water partition coefficient (Wildman–Crippen LogP) is 4.50. The van der Waals surface area contributed by atoms with E-state index in [2.05, 4.69) is 53.2 Å². The highest BCUT2D eigenvalue weighted by Crippen LogP contribution is 2.33. The van der Waals surface area contributed by atoms with Crippen molar-refractivity contribution in [3.8, 4) is 0 Å². The third kappa shape index (κ3) is 2.78. The lowest BCUT2D eigenvalue weighted by Gasteiger charge is -2.23. The molecule has 2 rings (SSSR count). The standard InChI is InChI=1S/C15H19BrClN3/c1-9(2)20-15(13(17)8-19-20)14(18-4)11-6-5-7-12(16)10(11)3/h5-9,14,18H,1-4H3. The SMILES string of the molecule is CNC(c1cccc(Br)c1C)c1c(Cl)cnn1C(C)C. The molecule has 0 spiro atoms. The van der Waals surface area contributed by atoms with Crippen LogP contribution in [0.2, 0.25) is 5.02 Å². The molecular formula is C15H19BrClN3. The molecule has 0 amide bonds. The molecule has 5 heteroatoms. The Kier molecular flexibility index (Phi) is 4.89. The van der Waals surface area contributed by atoms with E-state index < -0.39 is 0 Å². The van der Waals surface area contributed by atoms with E-state index in [9.17, 15) is 0 Å². The van der Waals surface area contributed by atoms with Crippen molar-refractivity contribution in [2.45, 2.75) is 32.9 Å². The Morgan fingerprint density at radius 3 is 2.65 bits per heavy atom. The van der Waals surface area contributed by atoms with E-state index in [0.29, 0.717) is 5.02 Å². The van der Waals surface area contributed by atoms with Crippen LogP contribution in [0.4, 0.5) is 0 Å². The maximum Gasteiger partial charge on any atom is 0.0837 e. The minimum absolute atomic E-state index is 0.0184. The molecule has 0 fully saturated rings. The second kappa shape index (κ2) is 6.29. The van der Waals surface area contributed by atoms with E-state index in [1.165, 1.54) is 11.1 Å². The summed E-state index contributed by atoms with van der Waals surface area (Å²) in [7, 11) is 1.94. The van der Waals surface area contributed by atoms with E-state index in [4.69, 9.17) is 11.6 Å². The Hall–Kier alpha value is -0.840. The topological polar surface area (TPSA) is 29.9 Å². The second-order valence-electron chi connectivity index (χ2n) is 5.09. The zero-order valence-corrected chi connectivity index (χ0v) is 14.5. The number of nitrogens with zero attached hydrogens (tertiary/aromatic N) is 2. The van der Waals surface area contributed by atoms with Crippen LogP contribution in [0.25, 0.3) is 0 Å². The molecule has 108 valence electrons. The molecule has 2 aromatic rings. The zero-order chi connectivity index (χ0) is 14.9. The molecule has 20 heavy (non-hydrogen) atoms. The van der Waals surface area contributed by atoms with Crippen LogP contribution in [0.3, 0.4) is 0 Å². The number of rotatable bonds is 4. The van der Waals surface area contributed by atoms with Crippen molar-refractivity contribution in [1.29, 1.82) is 0 Å². The third-order valence-electron chi connectivity index (χ3n) is 3.46. The molecule has 1 unspecified atom stereocenters. The van der Waals surface area contributed by atoms with E-state index in [0.717, 1.165) is 10.2 Å². The Morgan fingerprint density at radius 2 is 2.05 bits per heavy atom. The second-order valence-corrected chi connectivity index (χ2v) is 6.35. The molecular weight excluding hydrogens is 338 g/mol. The minimum atomic E-state index is 0.0184. The van der Waals surface area contributed by atoms with Gasteiger partial charge in [0.1, 0.15) is 0 Å². The van der Waals surface area contributed by atoms with Crippen molar-refractivity contribution in [3.63, 3.8) is 0 Å². The highest BCUT2D eigenvalue weighted by Gasteiger charge is 2.23. The van der Waals surface area contributed by atoms with Gasteiger partial charge in [-0.25, -0.2) is 0 Å². The smallest absolute Gasteiger partial charge is 0.0837 e. The summed E-state index contributed by atoms with van der Waals surface area (Å²) in [5.74, 6) is 0. The van der Waals surface area contributed by atoms with Crippen molar-refractivity contribution in [2.24, 2.45) is 0 Å². The van der Waals surface area contributed by atoms with Gasteiger partial charge in [-0.2, -0.15) is 5.10 Å². The van der Waals surface area contributed by atoms with Gasteiger partial charge >= 0.3 is 0 Å². The monoisotopic (exact) mass is 355 g/mol. The van der Waals surface area contributed by atoms with Gasteiger partial charge in [-0.15, -0.1) is 0 Å². The number of halogens is 2. The first-order chi connectivity index (χ1) is 9.47. The van der Waals surface area contributed by atoms with E-state index in [1.807, 2.05) is 23.9 Å². The van der Waals surface area contributed by atoms with Crippen LogP contribution in [0.15, 0.2) is 28.9 Å². The molecule has 0 aliphatic heterocycles. The van der Waals surface area contributed by atoms with Gasteiger partial charge < -0.3 is 5.32 Å². The summed E-state index contributed by atoms with van der Waals surface area (Å²) in [6.07, 6.45) is 1.72. The van der Waals surface area contributed by atoms with Gasteiger partial charge in [-0.05, 0) is 45.0 Å². The number of hydrogen-bond donors (Lipinski definition) is 1. The quantitative estimate of drug-likeness (QED) is 0.874. The first kappa shape index (κ1) is 15.5. The lowest BCUT2D eigenvalue weighted by molar-refractivity contribution is 0.483. The van der Waals surface area contributed by atoms with Crippen LogP contribution in [-0.4, -0.2) is 16.8 Å². The normalized spacial score (nSPS) is 12.9. The summed E-state index contributed by atoms with van der Waals surface area (Å²) in [4.78, 5) is 0. The van der Waals surface area contributed by atoms with E-state index >= 15 is 0 Å². The zero-order valence-electron chi connectivity index (χ0n) is 12.1. The lowest BCUT2D eigenvalue weighted by atomic mass is 9.98. The van der Waals surface area contributed by atoms with E-state index in [-0.39, 0.29) is 12.1 Å². The fraction of sp³-hybridized carbons (Fsp3) is 0.400. The van der Waals surface area contributed by atoms with Crippen molar-refractivity contribution in [1.82, 2.24) is 15.1 Å². The van der Waals surface area contributed by atoms with Gasteiger partial charge in [0.25, 0.3) is 0 Å². The molecule has 1 heterocycles. The molecule has 1 aromatic carbocycles. The summed E-state index contributed by atoms with van der Waals surface area (Å²) < 4.78 is 3.08. The fourth-order valence-electron chi connectivity index (χ4n) is 2.41. The van der Waals surface area contributed by atoms with Gasteiger partial charge in [-0.3, -0.25) is 4.68 Å². The van der Waals surface area contributed by atoms with Crippen LogP contribution in [0.1, 0.15) is 42.8 Å². The molecule has 0 aliphatic carbocycles. The maximum atomic E-state index is 6.37. The molecule has 0 saturated carbocycles. The number of hydrogen-bond acceptors (Lipinski definition) is 2. The Labute approximate surface area is 133 Å². The average molecular weight is 357 g/mol. The Morgan fingerprint density at radius 1 is 1.35 bits per heavy atom. The van der Waals surface area contributed by atoms with Crippen LogP contribution in [0, 0.1) is 6.92 Å². The van der Waals surface area contributed by atoms with Crippen LogP contribution < -0.4 is 5.32 Å². The maximum absolute atomic E-state index is 6.37. The van der Waals surface area contributed by atoms with Crippen molar-refractivity contribution in [3.05, 3.63) is 50.7 Å². The predicted molar refractivity (Wildman–Crippen MR) is 87.4 cm³/mol. The molecule has 1 N–H and O–H groups in total. The summed E-state index contributed by atoms with van der Waals surface area (Å²) in [5, 5.41) is 8.45. The van der Waals surface area contributed by atoms with Crippen LogP contribution in [0.5, 0.6) is 0 Å². The molecule has 0 radical (unpaired) electrons. The molecule has 0 saturated heterocycles. The van der Waals surface area contributed by atoms with Gasteiger partial charge in [0.05, 0.1) is 23.0 Å². The third-order valence-corrected chi connectivity index (χ3v) is 4.61. The fourth-order valence-corrected chi connectivity index (χ4v) is 3.03. The average Bonchev–Trinajstić information content (AvgIpc) is 2.78. The summed E-state index contributed by atoms with van der Waals surface area (Å²) in [6.45, 7) is 6.31. The highest BCUT2D eigenvalue weighted by atomic mass is 79.9. The molecule has 1 atom stereocenters. The van der Waals surface area contributed by atoms with E-state index in [1.54, 1.807) is 6.20 Å². The number of benzene rings is 1. The van der Waals surface area contributed by atoms with Gasteiger partial charge in [0, 0.05) is 10.5 Å². The summed E-state index contributed by atoms with van der Waals surface area (Å²) in [5.41, 5.74) is 3.41. The van der Waals surface area contributed by atoms with Crippen molar-refractivity contribution >= 4 is 27.5 Å². The molecule has 3 nitrogen and oxygen atoms in total. The van der Waals surface area contributed by atoms with Gasteiger partial charge in [0.15, 0.2) is 0 Å². The Bertz CT molecular complexity index is 607. The van der Waals surface area contributed by atoms with Crippen molar-refractivity contribution in [2.75, 3.05) is 7.05 Å². The first-order valence-corrected chi connectivity index (χ1v) is 7.79. The summed E-state index contributed by atoms with van der Waals surface area (Å²) in [6, 6.07) is 6.49. The van der Waals surface area contributed by atoms with Crippen LogP contribution >= 0.6 is 27.5 Å². The highest BCUT2D eigenvalue weighted by molar-refractivity contribution is 9.10. The number of nitrogens with one attached hydrogen (secondary N) is 1. The first-order valence-electron chi connectivity index (χ1n) is 6.62. The Balaban J connectivity index is 2.58. The molecule has 1 aromatic heterocycles. The molecule has 0 bridgehead atoms. The number of aromatic nitrogens is 2. The van der Waals surface area contributed by atoms with Gasteiger partial charge in [0.2, 0.25) is 0 Å². The van der Waals surface area contributed by atoms with Crippen LogP contribution in [-0.2, 0) is 0 Å². The largest absolute Gasteiger partial charge is 0.308 e.